The van der Waals surface area contributed by atoms with Crippen LogP contribution in [-0.2, 0) is 6.42 Å². The fourth-order valence-electron chi connectivity index (χ4n) is 4.87. The van der Waals surface area contributed by atoms with Gasteiger partial charge in [0.2, 0.25) is 0 Å². The molecular formula is C26H32N4O2S. The Morgan fingerprint density at radius 1 is 1.06 bits per heavy atom. The number of piperazine rings is 1. The lowest BCUT2D eigenvalue weighted by atomic mass is 10.0. The molecule has 2 aromatic carbocycles. The molecule has 0 unspecified atom stereocenters. The predicted octanol–water partition coefficient (Wildman–Crippen LogP) is 4.71. The number of carbonyl (C=O) groups excluding carboxylic acids is 1. The molecule has 2 N–H and O–H groups in total. The fraction of sp³-hybridized carbons (Fsp3) is 0.423. The molecule has 5 rings (SSSR count). The normalized spacial score (nSPS) is 16.4. The highest BCUT2D eigenvalue weighted by Crippen LogP contribution is 2.36. The van der Waals surface area contributed by atoms with Gasteiger partial charge in [-0.3, -0.25) is 9.80 Å². The molecule has 3 aromatic rings. The number of fused-ring (bicyclic) bond motifs is 2. The van der Waals surface area contributed by atoms with Gasteiger partial charge in [0.1, 0.15) is 10.8 Å². The number of primary amides is 1. The van der Waals surface area contributed by atoms with Gasteiger partial charge in [0.15, 0.2) is 0 Å². The standard InChI is InChI=1S/C26H32N4O2S/c27-26(31)30(24-19-21-7-1-2-11-23(21)33-24)13-4-3-12-28-14-16-29(17-15-28)22-10-5-8-20-9-6-18-32-25(20)22/h1-2,5,7-8,10-11,19H,3-4,6,9,12-18H2,(H2,27,31). The summed E-state index contributed by atoms with van der Waals surface area (Å²) in [6.45, 7) is 6.70. The van der Waals surface area contributed by atoms with E-state index in [0.29, 0.717) is 6.54 Å². The van der Waals surface area contributed by atoms with Crippen molar-refractivity contribution in [3.63, 3.8) is 0 Å². The highest BCUT2D eigenvalue weighted by molar-refractivity contribution is 7.23. The Morgan fingerprint density at radius 3 is 2.73 bits per heavy atom. The number of anilines is 2. The zero-order valence-corrected chi connectivity index (χ0v) is 19.9. The van der Waals surface area contributed by atoms with E-state index in [1.54, 1.807) is 16.2 Å². The van der Waals surface area contributed by atoms with Crippen LogP contribution in [0.2, 0.25) is 0 Å². The van der Waals surface area contributed by atoms with Gasteiger partial charge in [-0.2, -0.15) is 0 Å². The number of hydrogen-bond acceptors (Lipinski definition) is 5. The van der Waals surface area contributed by atoms with Crippen molar-refractivity contribution in [2.45, 2.75) is 25.7 Å². The molecule has 0 spiro atoms. The molecule has 7 heteroatoms. The minimum Gasteiger partial charge on any atom is -0.491 e. The van der Waals surface area contributed by atoms with Crippen molar-refractivity contribution < 1.29 is 9.53 Å². The third-order valence-electron chi connectivity index (χ3n) is 6.68. The molecule has 6 nitrogen and oxygen atoms in total. The van der Waals surface area contributed by atoms with Crippen LogP contribution >= 0.6 is 11.3 Å². The van der Waals surface area contributed by atoms with Crippen molar-refractivity contribution in [1.82, 2.24) is 4.90 Å². The average Bonchev–Trinajstić information content (AvgIpc) is 3.27. The zero-order chi connectivity index (χ0) is 22.6. The number of ether oxygens (including phenoxy) is 1. The van der Waals surface area contributed by atoms with Gasteiger partial charge >= 0.3 is 6.03 Å². The summed E-state index contributed by atoms with van der Waals surface area (Å²) in [7, 11) is 0. The van der Waals surface area contributed by atoms with Crippen molar-refractivity contribution in [3.05, 3.63) is 54.1 Å². The molecule has 3 heterocycles. The molecule has 1 saturated heterocycles. The van der Waals surface area contributed by atoms with E-state index in [-0.39, 0.29) is 6.03 Å². The number of amides is 2. The summed E-state index contributed by atoms with van der Waals surface area (Å²) in [4.78, 5) is 18.8. The summed E-state index contributed by atoms with van der Waals surface area (Å²) in [5, 5.41) is 2.09. The maximum atomic E-state index is 12.1. The van der Waals surface area contributed by atoms with Crippen molar-refractivity contribution in [2.75, 3.05) is 55.7 Å². The zero-order valence-electron chi connectivity index (χ0n) is 19.0. The number of aryl methyl sites for hydroxylation is 1. The first kappa shape index (κ1) is 22.0. The molecule has 2 aliphatic rings. The molecule has 0 atom stereocenters. The minimum absolute atomic E-state index is 0.372. The van der Waals surface area contributed by atoms with Crippen molar-refractivity contribution in [3.8, 4) is 5.75 Å². The molecule has 2 amide bonds. The first-order valence-electron chi connectivity index (χ1n) is 12.0. The van der Waals surface area contributed by atoms with E-state index in [0.717, 1.165) is 81.2 Å². The van der Waals surface area contributed by atoms with Gasteiger partial charge in [-0.1, -0.05) is 30.3 Å². The second-order valence-electron chi connectivity index (χ2n) is 8.87. The Hall–Kier alpha value is -2.77. The van der Waals surface area contributed by atoms with E-state index in [1.165, 1.54) is 16.0 Å². The SMILES string of the molecule is NC(=O)N(CCCCN1CCN(c2cccc3c2OCCC3)CC1)c1cc2ccccc2s1. The monoisotopic (exact) mass is 464 g/mol. The third-order valence-corrected chi connectivity index (χ3v) is 7.82. The quantitative estimate of drug-likeness (QED) is 0.514. The van der Waals surface area contributed by atoms with Gasteiger partial charge in [-0.25, -0.2) is 4.79 Å². The first-order chi connectivity index (χ1) is 16.2. The summed E-state index contributed by atoms with van der Waals surface area (Å²) in [5.41, 5.74) is 8.30. The largest absolute Gasteiger partial charge is 0.491 e. The maximum absolute atomic E-state index is 12.1. The number of unbranched alkanes of at least 4 members (excludes halogenated alkanes) is 1. The lowest BCUT2D eigenvalue weighted by Crippen LogP contribution is -2.47. The summed E-state index contributed by atoms with van der Waals surface area (Å²) < 4.78 is 7.20. The molecule has 0 radical (unpaired) electrons. The van der Waals surface area contributed by atoms with Gasteiger partial charge in [0.25, 0.3) is 0 Å². The topological polar surface area (TPSA) is 62.0 Å². The molecule has 0 bridgehead atoms. The van der Waals surface area contributed by atoms with E-state index in [9.17, 15) is 4.79 Å². The van der Waals surface area contributed by atoms with Gasteiger partial charge in [0, 0.05) is 37.4 Å². The molecule has 1 aromatic heterocycles. The van der Waals surface area contributed by atoms with Crippen LogP contribution < -0.4 is 20.3 Å². The Labute approximate surface area is 199 Å². The summed E-state index contributed by atoms with van der Waals surface area (Å²) in [6.07, 6.45) is 4.23. The second kappa shape index (κ2) is 10.0. The number of nitrogens with two attached hydrogens (primary N) is 1. The van der Waals surface area contributed by atoms with Gasteiger partial charge in [-0.15, -0.1) is 11.3 Å². The first-order valence-corrected chi connectivity index (χ1v) is 12.8. The summed E-state index contributed by atoms with van der Waals surface area (Å²) >= 11 is 1.63. The van der Waals surface area contributed by atoms with E-state index >= 15 is 0 Å². The number of rotatable bonds is 7. The van der Waals surface area contributed by atoms with Gasteiger partial charge < -0.3 is 15.4 Å². The lowest BCUT2D eigenvalue weighted by Gasteiger charge is -2.37. The lowest BCUT2D eigenvalue weighted by molar-refractivity contribution is 0.247. The van der Waals surface area contributed by atoms with Crippen LogP contribution in [0.4, 0.5) is 15.5 Å². The molecule has 0 aliphatic carbocycles. The van der Waals surface area contributed by atoms with Crippen LogP contribution in [0.1, 0.15) is 24.8 Å². The number of urea groups is 1. The minimum atomic E-state index is -0.372. The Kier molecular flexibility index (Phi) is 6.69. The number of thiophene rings is 1. The van der Waals surface area contributed by atoms with E-state index < -0.39 is 0 Å². The molecule has 2 aliphatic heterocycles. The Bertz CT molecular complexity index is 1070. The number of nitrogens with zero attached hydrogens (tertiary/aromatic N) is 3. The fourth-order valence-corrected chi connectivity index (χ4v) is 5.96. The molecule has 174 valence electrons. The average molecular weight is 465 g/mol. The second-order valence-corrected chi connectivity index (χ2v) is 9.93. The molecular weight excluding hydrogens is 432 g/mol. The van der Waals surface area contributed by atoms with Crippen molar-refractivity contribution in [2.24, 2.45) is 5.73 Å². The number of para-hydroxylation sites is 1. The number of carbonyl (C=O) groups is 1. The smallest absolute Gasteiger partial charge is 0.319 e. The molecule has 1 fully saturated rings. The Morgan fingerprint density at radius 2 is 1.91 bits per heavy atom. The van der Waals surface area contributed by atoms with Crippen LogP contribution in [0.5, 0.6) is 5.75 Å². The van der Waals surface area contributed by atoms with Crippen molar-refractivity contribution in [1.29, 1.82) is 0 Å². The van der Waals surface area contributed by atoms with Gasteiger partial charge in [0.05, 0.1) is 12.3 Å². The maximum Gasteiger partial charge on any atom is 0.319 e. The molecule has 0 saturated carbocycles. The Balaban J connectivity index is 1.10. The predicted molar refractivity (Wildman–Crippen MR) is 137 cm³/mol. The summed E-state index contributed by atoms with van der Waals surface area (Å²) in [6, 6.07) is 16.5. The molecule has 33 heavy (non-hydrogen) atoms. The van der Waals surface area contributed by atoms with Gasteiger partial charge in [-0.05, 0) is 61.4 Å². The van der Waals surface area contributed by atoms with Crippen molar-refractivity contribution >= 4 is 38.1 Å². The van der Waals surface area contributed by atoms with Crippen LogP contribution in [0.3, 0.4) is 0 Å². The van der Waals surface area contributed by atoms with Crippen LogP contribution in [-0.4, -0.2) is 56.8 Å². The number of hydrogen-bond donors (Lipinski definition) is 1. The van der Waals surface area contributed by atoms with E-state index in [1.807, 2.05) is 12.1 Å². The highest BCUT2D eigenvalue weighted by atomic mass is 32.1. The van der Waals surface area contributed by atoms with E-state index in [4.69, 9.17) is 10.5 Å². The number of benzene rings is 2. The third kappa shape index (κ3) is 4.94. The highest BCUT2D eigenvalue weighted by Gasteiger charge is 2.23. The van der Waals surface area contributed by atoms with E-state index in [2.05, 4.69) is 46.2 Å². The summed E-state index contributed by atoms with van der Waals surface area (Å²) in [5.74, 6) is 1.10. The van der Waals surface area contributed by atoms with Crippen LogP contribution in [0.15, 0.2) is 48.5 Å². The van der Waals surface area contributed by atoms with Crippen LogP contribution in [0, 0.1) is 0 Å². The van der Waals surface area contributed by atoms with Crippen LogP contribution in [0.25, 0.3) is 10.1 Å².